The van der Waals surface area contributed by atoms with Crippen LogP contribution in [0.2, 0.25) is 5.02 Å². The first-order valence-electron chi connectivity index (χ1n) is 9.28. The van der Waals surface area contributed by atoms with E-state index in [0.29, 0.717) is 21.9 Å². The minimum atomic E-state index is -0.605. The molecule has 0 saturated carbocycles. The van der Waals surface area contributed by atoms with Crippen molar-refractivity contribution in [3.8, 4) is 11.5 Å². The van der Waals surface area contributed by atoms with E-state index in [1.807, 2.05) is 18.2 Å². The van der Waals surface area contributed by atoms with Crippen molar-refractivity contribution in [3.05, 3.63) is 100 Å². The molecule has 0 aromatic heterocycles. The zero-order chi connectivity index (χ0) is 21.8. The SMILES string of the molecule is COc1cc(/C=C2/N=C(c3ccccc3)OC2=O)ccc1OC(=O)c1ccccc1Cl. The molecule has 154 valence electrons. The van der Waals surface area contributed by atoms with Gasteiger partial charge in [-0.1, -0.05) is 48.0 Å². The first kappa shape index (κ1) is 20.4. The highest BCUT2D eigenvalue weighted by Gasteiger charge is 2.24. The van der Waals surface area contributed by atoms with Gasteiger partial charge in [-0.3, -0.25) is 0 Å². The summed E-state index contributed by atoms with van der Waals surface area (Å²) in [7, 11) is 1.45. The van der Waals surface area contributed by atoms with E-state index in [1.54, 1.807) is 60.7 Å². The van der Waals surface area contributed by atoms with Crippen LogP contribution in [-0.2, 0) is 9.53 Å². The molecule has 1 aliphatic heterocycles. The van der Waals surface area contributed by atoms with E-state index in [9.17, 15) is 9.59 Å². The molecule has 0 radical (unpaired) electrons. The fourth-order valence-electron chi connectivity index (χ4n) is 2.91. The zero-order valence-electron chi connectivity index (χ0n) is 16.4. The molecule has 0 fully saturated rings. The predicted octanol–water partition coefficient (Wildman–Crippen LogP) is 4.91. The molecule has 0 atom stereocenters. The molecule has 1 aliphatic rings. The summed E-state index contributed by atoms with van der Waals surface area (Å²) in [6, 6.07) is 20.6. The Kier molecular flexibility index (Phi) is 5.82. The lowest BCUT2D eigenvalue weighted by Crippen LogP contribution is -2.09. The molecule has 0 spiro atoms. The van der Waals surface area contributed by atoms with Crippen molar-refractivity contribution in [3.63, 3.8) is 0 Å². The van der Waals surface area contributed by atoms with Crippen molar-refractivity contribution in [2.75, 3.05) is 7.11 Å². The summed E-state index contributed by atoms with van der Waals surface area (Å²) in [5.74, 6) is -0.377. The minimum absolute atomic E-state index is 0.154. The smallest absolute Gasteiger partial charge is 0.363 e. The lowest BCUT2D eigenvalue weighted by molar-refractivity contribution is -0.129. The maximum absolute atomic E-state index is 12.4. The Morgan fingerprint density at radius 3 is 2.48 bits per heavy atom. The van der Waals surface area contributed by atoms with Crippen LogP contribution >= 0.6 is 11.6 Å². The van der Waals surface area contributed by atoms with E-state index in [2.05, 4.69) is 4.99 Å². The molecule has 6 nitrogen and oxygen atoms in total. The van der Waals surface area contributed by atoms with Crippen molar-refractivity contribution in [1.82, 2.24) is 0 Å². The molecule has 0 bridgehead atoms. The average molecular weight is 434 g/mol. The highest BCUT2D eigenvalue weighted by molar-refractivity contribution is 6.33. The Balaban J connectivity index is 1.58. The number of nitrogens with zero attached hydrogens (tertiary/aromatic N) is 1. The number of methoxy groups -OCH3 is 1. The van der Waals surface area contributed by atoms with E-state index in [0.717, 1.165) is 0 Å². The number of carbonyl (C=O) groups is 2. The van der Waals surface area contributed by atoms with Crippen molar-refractivity contribution >= 4 is 35.5 Å². The minimum Gasteiger partial charge on any atom is -0.493 e. The quantitative estimate of drug-likeness (QED) is 0.324. The molecule has 0 aliphatic carbocycles. The van der Waals surface area contributed by atoms with Gasteiger partial charge < -0.3 is 14.2 Å². The summed E-state index contributed by atoms with van der Waals surface area (Å²) in [5.41, 5.74) is 1.73. The summed E-state index contributed by atoms with van der Waals surface area (Å²) in [6.45, 7) is 0. The van der Waals surface area contributed by atoms with Gasteiger partial charge in [0.25, 0.3) is 0 Å². The van der Waals surface area contributed by atoms with Gasteiger partial charge in [-0.2, -0.15) is 0 Å². The Bertz CT molecular complexity index is 1220. The highest BCUT2D eigenvalue weighted by Crippen LogP contribution is 2.31. The van der Waals surface area contributed by atoms with Crippen molar-refractivity contribution in [2.45, 2.75) is 0 Å². The van der Waals surface area contributed by atoms with Gasteiger partial charge in [0.1, 0.15) is 0 Å². The molecule has 31 heavy (non-hydrogen) atoms. The largest absolute Gasteiger partial charge is 0.493 e. The zero-order valence-corrected chi connectivity index (χ0v) is 17.1. The molecule has 0 N–H and O–H groups in total. The number of halogens is 1. The first-order chi connectivity index (χ1) is 15.0. The fraction of sp³-hybridized carbons (Fsp3) is 0.0417. The molecule has 4 rings (SSSR count). The van der Waals surface area contributed by atoms with Gasteiger partial charge in [0.05, 0.1) is 17.7 Å². The number of aliphatic imine (C=N–C) groups is 1. The third kappa shape index (κ3) is 4.49. The van der Waals surface area contributed by atoms with E-state index >= 15 is 0 Å². The first-order valence-corrected chi connectivity index (χ1v) is 9.65. The predicted molar refractivity (Wildman–Crippen MR) is 116 cm³/mol. The number of benzene rings is 3. The van der Waals surface area contributed by atoms with Crippen LogP contribution in [0.4, 0.5) is 0 Å². The van der Waals surface area contributed by atoms with Crippen LogP contribution in [-0.4, -0.2) is 24.9 Å². The van der Waals surface area contributed by atoms with Gasteiger partial charge in [0, 0.05) is 5.56 Å². The molecule has 0 amide bonds. The maximum atomic E-state index is 12.4. The van der Waals surface area contributed by atoms with Crippen LogP contribution in [0.15, 0.2) is 83.5 Å². The van der Waals surface area contributed by atoms with E-state index in [1.165, 1.54) is 7.11 Å². The number of hydrogen-bond donors (Lipinski definition) is 0. The topological polar surface area (TPSA) is 74.2 Å². The van der Waals surface area contributed by atoms with Crippen molar-refractivity contribution < 1.29 is 23.8 Å². The summed E-state index contributed by atoms with van der Waals surface area (Å²) in [5, 5.41) is 0.291. The summed E-state index contributed by atoms with van der Waals surface area (Å²) in [6.07, 6.45) is 1.57. The lowest BCUT2D eigenvalue weighted by Gasteiger charge is -2.10. The molecular weight excluding hydrogens is 418 g/mol. The van der Waals surface area contributed by atoms with Crippen LogP contribution in [0.1, 0.15) is 21.5 Å². The summed E-state index contributed by atoms with van der Waals surface area (Å²) >= 11 is 6.05. The van der Waals surface area contributed by atoms with Gasteiger partial charge in [0.15, 0.2) is 17.2 Å². The van der Waals surface area contributed by atoms with E-state index < -0.39 is 11.9 Å². The molecule has 0 unspecified atom stereocenters. The fourth-order valence-corrected chi connectivity index (χ4v) is 3.12. The maximum Gasteiger partial charge on any atom is 0.363 e. The molecule has 3 aromatic carbocycles. The standard InChI is InChI=1S/C24H16ClNO5/c1-29-21-14-15(11-12-20(21)30-23(27)17-9-5-6-10-18(17)25)13-19-24(28)31-22(26-19)16-7-3-2-4-8-16/h2-14H,1H3/b19-13+. The number of carbonyl (C=O) groups excluding carboxylic acids is 2. The van der Waals surface area contributed by atoms with Gasteiger partial charge in [-0.05, 0) is 48.0 Å². The summed E-state index contributed by atoms with van der Waals surface area (Å²) in [4.78, 5) is 28.9. The summed E-state index contributed by atoms with van der Waals surface area (Å²) < 4.78 is 16.0. The monoisotopic (exact) mass is 433 g/mol. The van der Waals surface area contributed by atoms with Crippen LogP contribution in [0.25, 0.3) is 6.08 Å². The van der Waals surface area contributed by atoms with Gasteiger partial charge >= 0.3 is 11.9 Å². The third-order valence-electron chi connectivity index (χ3n) is 4.43. The highest BCUT2D eigenvalue weighted by atomic mass is 35.5. The van der Waals surface area contributed by atoms with Crippen LogP contribution in [0, 0.1) is 0 Å². The van der Waals surface area contributed by atoms with Crippen molar-refractivity contribution in [2.24, 2.45) is 4.99 Å². The average Bonchev–Trinajstić information content (AvgIpc) is 3.15. The second-order valence-corrected chi connectivity index (χ2v) is 6.89. The molecular formula is C24H16ClNO5. The third-order valence-corrected chi connectivity index (χ3v) is 4.76. The van der Waals surface area contributed by atoms with Gasteiger partial charge in [-0.15, -0.1) is 0 Å². The molecule has 0 saturated heterocycles. The van der Waals surface area contributed by atoms with Gasteiger partial charge in [-0.25, -0.2) is 14.6 Å². The molecule has 3 aromatic rings. The number of ether oxygens (including phenoxy) is 3. The van der Waals surface area contributed by atoms with Crippen LogP contribution in [0.3, 0.4) is 0 Å². The van der Waals surface area contributed by atoms with E-state index in [-0.39, 0.29) is 22.9 Å². The lowest BCUT2D eigenvalue weighted by atomic mass is 10.1. The Morgan fingerprint density at radius 1 is 1.00 bits per heavy atom. The number of esters is 2. The number of hydrogen-bond acceptors (Lipinski definition) is 6. The van der Waals surface area contributed by atoms with Crippen LogP contribution < -0.4 is 9.47 Å². The Hall–Kier alpha value is -3.90. The van der Waals surface area contributed by atoms with Crippen molar-refractivity contribution in [1.29, 1.82) is 0 Å². The molecule has 1 heterocycles. The van der Waals surface area contributed by atoms with Crippen LogP contribution in [0.5, 0.6) is 11.5 Å². The Labute approximate surface area is 183 Å². The van der Waals surface area contributed by atoms with E-state index in [4.69, 9.17) is 25.8 Å². The second-order valence-electron chi connectivity index (χ2n) is 6.48. The Morgan fingerprint density at radius 2 is 1.74 bits per heavy atom. The number of rotatable bonds is 5. The van der Waals surface area contributed by atoms with Gasteiger partial charge in [0.2, 0.25) is 5.90 Å². The normalized spacial score (nSPS) is 14.2. The second kappa shape index (κ2) is 8.85. The number of cyclic esters (lactones) is 1. The molecule has 7 heteroatoms.